The zero-order valence-electron chi connectivity index (χ0n) is 17.8. The molecule has 0 saturated carbocycles. The maximum Gasteiger partial charge on any atom is 0.294 e. The van der Waals surface area contributed by atoms with E-state index >= 15 is 0 Å². The summed E-state index contributed by atoms with van der Waals surface area (Å²) >= 11 is 7.58. The Morgan fingerprint density at radius 3 is 2.44 bits per heavy atom. The molecule has 1 aromatic heterocycles. The van der Waals surface area contributed by atoms with Crippen molar-refractivity contribution >= 4 is 40.3 Å². The number of hydrogen-bond donors (Lipinski definition) is 1. The largest absolute Gasteiger partial charge is 0.503 e. The van der Waals surface area contributed by atoms with E-state index in [9.17, 15) is 14.7 Å². The average Bonchev–Trinajstić information content (AvgIpc) is 3.41. The Labute approximate surface area is 195 Å². The van der Waals surface area contributed by atoms with Gasteiger partial charge >= 0.3 is 0 Å². The number of methoxy groups -OCH3 is 1. The summed E-state index contributed by atoms with van der Waals surface area (Å²) in [6, 6.07) is 15.3. The zero-order chi connectivity index (χ0) is 23.0. The lowest BCUT2D eigenvalue weighted by molar-refractivity contribution is -0.117. The minimum absolute atomic E-state index is 0.0571. The number of ketones is 1. The van der Waals surface area contributed by atoms with Crippen molar-refractivity contribution in [2.24, 2.45) is 0 Å². The van der Waals surface area contributed by atoms with Crippen LogP contribution in [0.15, 0.2) is 71.3 Å². The second-order valence-corrected chi connectivity index (χ2v) is 9.14. The third-order valence-electron chi connectivity index (χ3n) is 5.53. The predicted molar refractivity (Wildman–Crippen MR) is 127 cm³/mol. The number of halogens is 1. The maximum absolute atomic E-state index is 13.3. The lowest BCUT2D eigenvalue weighted by Gasteiger charge is -2.27. The van der Waals surface area contributed by atoms with Crippen LogP contribution in [0, 0.1) is 0 Å². The minimum Gasteiger partial charge on any atom is -0.503 e. The van der Waals surface area contributed by atoms with E-state index in [-0.39, 0.29) is 11.4 Å². The molecule has 3 aromatic rings. The third kappa shape index (κ3) is 3.80. The molecule has 1 aliphatic rings. The molecule has 1 aliphatic heterocycles. The van der Waals surface area contributed by atoms with Crippen LogP contribution in [0.5, 0.6) is 5.75 Å². The molecule has 0 spiro atoms. The fraction of sp³-hybridized carbons (Fsp3) is 0.200. The highest BCUT2D eigenvalue weighted by atomic mass is 35.5. The Hall–Kier alpha value is -3.09. The van der Waals surface area contributed by atoms with Gasteiger partial charge in [-0.3, -0.25) is 14.5 Å². The van der Waals surface area contributed by atoms with Crippen molar-refractivity contribution in [1.29, 1.82) is 0 Å². The number of hydrogen-bond acceptors (Lipinski definition) is 5. The van der Waals surface area contributed by atoms with E-state index in [1.165, 1.54) is 23.3 Å². The number of ether oxygens (including phenoxy) is 1. The standard InChI is InChI=1S/C25H22ClNO4S/c1-14(2)15-6-8-16(9-7-15)22-21(23(28)20-5-4-12-32-20)24(29)25(30)27(22)17-10-11-19(31-3)18(26)13-17/h4-14,22,29H,1-3H3. The van der Waals surface area contributed by atoms with Crippen molar-refractivity contribution in [2.45, 2.75) is 25.8 Å². The second-order valence-electron chi connectivity index (χ2n) is 7.79. The van der Waals surface area contributed by atoms with Crippen molar-refractivity contribution in [1.82, 2.24) is 0 Å². The van der Waals surface area contributed by atoms with Crippen molar-refractivity contribution in [3.8, 4) is 5.75 Å². The fourth-order valence-corrected chi connectivity index (χ4v) is 4.76. The van der Waals surface area contributed by atoms with Gasteiger partial charge in [0.05, 0.1) is 28.6 Å². The number of anilines is 1. The number of carbonyl (C=O) groups is 2. The van der Waals surface area contributed by atoms with Gasteiger partial charge < -0.3 is 9.84 Å². The van der Waals surface area contributed by atoms with Gasteiger partial charge in [0.2, 0.25) is 5.78 Å². The van der Waals surface area contributed by atoms with E-state index in [4.69, 9.17) is 16.3 Å². The number of Topliss-reactive ketones (excluding diaryl/α,β-unsaturated/α-hetero) is 1. The van der Waals surface area contributed by atoms with Crippen LogP contribution in [0.25, 0.3) is 0 Å². The van der Waals surface area contributed by atoms with Gasteiger partial charge in [0.1, 0.15) is 5.75 Å². The SMILES string of the molecule is COc1ccc(N2C(=O)C(O)=C(C(=O)c3cccs3)C2c2ccc(C(C)C)cc2)cc1Cl. The summed E-state index contributed by atoms with van der Waals surface area (Å²) in [4.78, 5) is 28.4. The van der Waals surface area contributed by atoms with Gasteiger partial charge in [0, 0.05) is 5.69 Å². The number of aliphatic hydroxyl groups excluding tert-OH is 1. The van der Waals surface area contributed by atoms with Crippen LogP contribution in [0.4, 0.5) is 5.69 Å². The van der Waals surface area contributed by atoms with Gasteiger partial charge in [-0.1, -0.05) is 55.8 Å². The number of thiophene rings is 1. The van der Waals surface area contributed by atoms with E-state index < -0.39 is 17.7 Å². The van der Waals surface area contributed by atoms with Crippen molar-refractivity contribution in [3.05, 3.63) is 92.3 Å². The molecule has 1 N–H and O–H groups in total. The Bertz CT molecular complexity index is 1200. The summed E-state index contributed by atoms with van der Waals surface area (Å²) in [6.07, 6.45) is 0. The molecular weight excluding hydrogens is 446 g/mol. The molecule has 2 aromatic carbocycles. The maximum atomic E-state index is 13.3. The molecule has 1 unspecified atom stereocenters. The van der Waals surface area contributed by atoms with Crippen LogP contribution < -0.4 is 9.64 Å². The molecule has 7 heteroatoms. The van der Waals surface area contributed by atoms with Gasteiger partial charge in [-0.05, 0) is 46.7 Å². The first-order chi connectivity index (χ1) is 15.3. The number of aliphatic hydroxyl groups is 1. The molecule has 4 rings (SSSR count). The van der Waals surface area contributed by atoms with Gasteiger partial charge in [0.25, 0.3) is 5.91 Å². The Kier molecular flexibility index (Phi) is 6.09. The van der Waals surface area contributed by atoms with Gasteiger partial charge in [-0.2, -0.15) is 0 Å². The van der Waals surface area contributed by atoms with Crippen LogP contribution in [-0.4, -0.2) is 23.9 Å². The molecule has 2 heterocycles. The minimum atomic E-state index is -0.789. The number of rotatable bonds is 6. The molecule has 32 heavy (non-hydrogen) atoms. The fourth-order valence-electron chi connectivity index (χ4n) is 3.83. The quantitative estimate of drug-likeness (QED) is 0.431. The number of benzene rings is 2. The topological polar surface area (TPSA) is 66.8 Å². The molecule has 0 radical (unpaired) electrons. The Morgan fingerprint density at radius 2 is 1.88 bits per heavy atom. The molecule has 0 bridgehead atoms. The molecule has 0 aliphatic carbocycles. The number of amides is 1. The van der Waals surface area contributed by atoms with Crippen LogP contribution >= 0.6 is 22.9 Å². The molecule has 1 amide bonds. The molecular formula is C25H22ClNO4S. The van der Waals surface area contributed by atoms with Crippen LogP contribution in [-0.2, 0) is 4.79 Å². The first kappa shape index (κ1) is 22.1. The summed E-state index contributed by atoms with van der Waals surface area (Å²) in [5.41, 5.74) is 2.37. The molecule has 0 fully saturated rings. The highest BCUT2D eigenvalue weighted by Gasteiger charge is 2.45. The van der Waals surface area contributed by atoms with Gasteiger partial charge in [-0.25, -0.2) is 0 Å². The summed E-state index contributed by atoms with van der Waals surface area (Å²) in [5.74, 6) is -0.767. The van der Waals surface area contributed by atoms with E-state index in [0.717, 1.165) is 11.1 Å². The predicted octanol–water partition coefficient (Wildman–Crippen LogP) is 6.32. The molecule has 0 saturated heterocycles. The summed E-state index contributed by atoms with van der Waals surface area (Å²) < 4.78 is 5.22. The average molecular weight is 468 g/mol. The van der Waals surface area contributed by atoms with Crippen molar-refractivity contribution in [3.63, 3.8) is 0 Å². The summed E-state index contributed by atoms with van der Waals surface area (Å²) in [6.45, 7) is 4.19. The van der Waals surface area contributed by atoms with E-state index in [1.807, 2.05) is 24.3 Å². The van der Waals surface area contributed by atoms with Crippen molar-refractivity contribution < 1.29 is 19.4 Å². The van der Waals surface area contributed by atoms with E-state index in [2.05, 4.69) is 13.8 Å². The number of carbonyl (C=O) groups excluding carboxylic acids is 2. The first-order valence-electron chi connectivity index (χ1n) is 10.1. The van der Waals surface area contributed by atoms with Crippen molar-refractivity contribution in [2.75, 3.05) is 12.0 Å². The molecule has 1 atom stereocenters. The van der Waals surface area contributed by atoms with Gasteiger partial charge in [-0.15, -0.1) is 11.3 Å². The van der Waals surface area contributed by atoms with E-state index in [1.54, 1.807) is 35.7 Å². The van der Waals surface area contributed by atoms with E-state index in [0.29, 0.717) is 27.3 Å². The first-order valence-corrected chi connectivity index (χ1v) is 11.4. The highest BCUT2D eigenvalue weighted by Crippen LogP contribution is 2.43. The molecule has 5 nitrogen and oxygen atoms in total. The monoisotopic (exact) mass is 467 g/mol. The second kappa shape index (κ2) is 8.81. The van der Waals surface area contributed by atoms with Gasteiger partial charge in [0.15, 0.2) is 5.76 Å². The smallest absolute Gasteiger partial charge is 0.294 e. The van der Waals surface area contributed by atoms with Crippen LogP contribution in [0.1, 0.15) is 46.6 Å². The van der Waals surface area contributed by atoms with Crippen LogP contribution in [0.3, 0.4) is 0 Å². The molecule has 164 valence electrons. The number of nitrogens with zero attached hydrogens (tertiary/aromatic N) is 1. The Balaban J connectivity index is 1.86. The summed E-state index contributed by atoms with van der Waals surface area (Å²) in [5, 5.41) is 12.9. The summed E-state index contributed by atoms with van der Waals surface area (Å²) in [7, 11) is 1.51. The third-order valence-corrected chi connectivity index (χ3v) is 6.69. The zero-order valence-corrected chi connectivity index (χ0v) is 19.4. The highest BCUT2D eigenvalue weighted by molar-refractivity contribution is 7.12. The van der Waals surface area contributed by atoms with Crippen LogP contribution in [0.2, 0.25) is 5.02 Å². The Morgan fingerprint density at radius 1 is 1.16 bits per heavy atom. The lowest BCUT2D eigenvalue weighted by atomic mass is 9.93. The lowest BCUT2D eigenvalue weighted by Crippen LogP contribution is -2.31. The normalized spacial score (nSPS) is 16.2.